The number of rotatable bonds is 1. The van der Waals surface area contributed by atoms with Crippen molar-refractivity contribution >= 4 is 35.0 Å². The summed E-state index contributed by atoms with van der Waals surface area (Å²) in [5.74, 6) is -1.04. The number of fused-ring (bicyclic) bond motifs is 1. The molecule has 0 aliphatic carbocycles. The first-order chi connectivity index (χ1) is 10.2. The third-order valence-corrected chi connectivity index (χ3v) is 4.73. The Morgan fingerprint density at radius 3 is 2.64 bits per heavy atom. The molecule has 0 atom stereocenters. The first kappa shape index (κ1) is 15.1. The van der Waals surface area contributed by atoms with Gasteiger partial charge >= 0.3 is 0 Å². The van der Waals surface area contributed by atoms with Crippen LogP contribution in [0.1, 0.15) is 25.6 Å². The number of halogens is 1. The Morgan fingerprint density at radius 1 is 1.36 bits per heavy atom. The van der Waals surface area contributed by atoms with E-state index in [2.05, 4.69) is 4.99 Å². The summed E-state index contributed by atoms with van der Waals surface area (Å²) >= 11 is 6.42. The summed E-state index contributed by atoms with van der Waals surface area (Å²) in [5.41, 5.74) is -0.230. The zero-order valence-electron chi connectivity index (χ0n) is 12.2. The predicted molar refractivity (Wildman–Crippen MR) is 84.5 cm³/mol. The van der Waals surface area contributed by atoms with Crippen molar-refractivity contribution in [3.8, 4) is 5.88 Å². The molecule has 0 unspecified atom stereocenters. The summed E-state index contributed by atoms with van der Waals surface area (Å²) in [6.07, 6.45) is 0. The molecule has 1 aromatic carbocycles. The van der Waals surface area contributed by atoms with Crippen molar-refractivity contribution in [2.75, 3.05) is 0 Å². The third-order valence-electron chi connectivity index (χ3n) is 3.35. The van der Waals surface area contributed by atoms with E-state index in [0.717, 1.165) is 11.3 Å². The predicted octanol–water partition coefficient (Wildman–Crippen LogP) is 2.24. The van der Waals surface area contributed by atoms with Gasteiger partial charge in [-0.3, -0.25) is 9.36 Å². The zero-order chi connectivity index (χ0) is 16.2. The Morgan fingerprint density at radius 2 is 2.05 bits per heavy atom. The Hall–Kier alpha value is -1.86. The van der Waals surface area contributed by atoms with Gasteiger partial charge in [-0.15, -0.1) is 11.3 Å². The van der Waals surface area contributed by atoms with Crippen molar-refractivity contribution in [2.24, 2.45) is 4.99 Å². The lowest BCUT2D eigenvalue weighted by Gasteiger charge is -2.21. The summed E-state index contributed by atoms with van der Waals surface area (Å²) in [6.45, 7) is 5.70. The third kappa shape index (κ3) is 2.21. The fourth-order valence-electron chi connectivity index (χ4n) is 2.43. The van der Waals surface area contributed by atoms with Crippen molar-refractivity contribution < 1.29 is 14.3 Å². The van der Waals surface area contributed by atoms with Gasteiger partial charge in [-0.1, -0.05) is 0 Å². The highest BCUT2D eigenvalue weighted by molar-refractivity contribution is 7.73. The lowest BCUT2D eigenvalue weighted by Crippen LogP contribution is -2.24. The molecule has 0 spiro atoms. The van der Waals surface area contributed by atoms with Crippen LogP contribution in [0.15, 0.2) is 23.2 Å². The maximum absolute atomic E-state index is 13.5. The Labute approximate surface area is 134 Å². The minimum atomic E-state index is -0.492. The monoisotopic (exact) mass is 336 g/mol. The second-order valence-corrected chi connectivity index (χ2v) is 7.62. The number of hydrogen-bond acceptors (Lipinski definition) is 4. The Balaban J connectivity index is 2.39. The van der Waals surface area contributed by atoms with Crippen LogP contribution in [0.3, 0.4) is 0 Å². The smallest absolute Gasteiger partial charge is 0.279 e. The average Bonchev–Trinajstić information content (AvgIpc) is 2.84. The second-order valence-electron chi connectivity index (χ2n) is 5.98. The molecule has 0 radical (unpaired) electrons. The molecule has 0 saturated heterocycles. The highest BCUT2D eigenvalue weighted by atomic mass is 32.1. The van der Waals surface area contributed by atoms with E-state index in [-0.39, 0.29) is 11.5 Å². The van der Waals surface area contributed by atoms with E-state index in [0.29, 0.717) is 19.4 Å². The number of aromatic hydroxyl groups is 1. The molecule has 3 rings (SSSR count). The molecule has 0 bridgehead atoms. The second kappa shape index (κ2) is 4.82. The highest BCUT2D eigenvalue weighted by Crippen LogP contribution is 2.36. The lowest BCUT2D eigenvalue weighted by molar-refractivity contribution is -0.112. The van der Waals surface area contributed by atoms with Crippen LogP contribution in [0, 0.1) is 9.77 Å². The quantitative estimate of drug-likeness (QED) is 0.813. The van der Waals surface area contributed by atoms with Crippen LogP contribution in [0.25, 0.3) is 5.57 Å². The number of nitrogens with zero attached hydrogens (tertiary/aromatic N) is 2. The first-order valence-electron chi connectivity index (χ1n) is 6.59. The van der Waals surface area contributed by atoms with Crippen molar-refractivity contribution in [1.82, 2.24) is 4.57 Å². The van der Waals surface area contributed by atoms with Crippen molar-refractivity contribution in [3.63, 3.8) is 0 Å². The number of benzene rings is 1. The molecule has 1 aliphatic heterocycles. The standard InChI is InChI=1S/C15H13FN2O2S2/c1-15(2,3)18-13(20)11(22-14(18)21)10-8-6-7(16)4-5-9(8)17-12(10)19/h4-6,20H,1-3H3. The lowest BCUT2D eigenvalue weighted by atomic mass is 10.1. The molecule has 0 saturated carbocycles. The van der Waals surface area contributed by atoms with Crippen LogP contribution in [0.2, 0.25) is 0 Å². The van der Waals surface area contributed by atoms with Crippen LogP contribution in [-0.2, 0) is 10.3 Å². The first-order valence-corrected chi connectivity index (χ1v) is 7.81. The molecule has 7 heteroatoms. The number of aromatic nitrogens is 1. The van der Waals surface area contributed by atoms with E-state index < -0.39 is 17.3 Å². The fraction of sp³-hybridized carbons (Fsp3) is 0.267. The maximum Gasteiger partial charge on any atom is 0.279 e. The van der Waals surface area contributed by atoms with Crippen LogP contribution in [0.5, 0.6) is 5.88 Å². The molecule has 2 aromatic rings. The number of carbonyl (C=O) groups is 1. The molecule has 1 aliphatic rings. The largest absolute Gasteiger partial charge is 0.493 e. The van der Waals surface area contributed by atoms with Crippen molar-refractivity contribution in [2.45, 2.75) is 26.3 Å². The maximum atomic E-state index is 13.5. The fourth-order valence-corrected chi connectivity index (χ4v) is 4.15. The van der Waals surface area contributed by atoms with Crippen LogP contribution < -0.4 is 10.6 Å². The minimum absolute atomic E-state index is 0.0850. The molecule has 22 heavy (non-hydrogen) atoms. The van der Waals surface area contributed by atoms with Gasteiger partial charge in [0.05, 0.1) is 10.9 Å². The summed E-state index contributed by atoms with van der Waals surface area (Å²) in [5, 5.41) is 11.3. The van der Waals surface area contributed by atoms with E-state index in [4.69, 9.17) is 12.2 Å². The molecular weight excluding hydrogens is 323 g/mol. The summed E-state index contributed by atoms with van der Waals surface area (Å²) in [4.78, 5) is 16.4. The van der Waals surface area contributed by atoms with Gasteiger partial charge in [-0.05, 0) is 51.2 Å². The SMILES string of the molecule is CC(C)(C)n1c(O)c(C2=c3cc(F)ccc3=NC2=O)sc1=S. The van der Waals surface area contributed by atoms with Crippen LogP contribution in [-0.4, -0.2) is 15.6 Å². The summed E-state index contributed by atoms with van der Waals surface area (Å²) < 4.78 is 15.5. The molecular formula is C15H13FN2O2S2. The van der Waals surface area contributed by atoms with Gasteiger partial charge in [0.25, 0.3) is 5.91 Å². The van der Waals surface area contributed by atoms with Gasteiger partial charge in [0.2, 0.25) is 5.88 Å². The van der Waals surface area contributed by atoms with Crippen molar-refractivity contribution in [3.05, 3.63) is 43.4 Å². The van der Waals surface area contributed by atoms with Crippen molar-refractivity contribution in [1.29, 1.82) is 0 Å². The number of hydrogen-bond donors (Lipinski definition) is 1. The number of thiazole rings is 1. The highest BCUT2D eigenvalue weighted by Gasteiger charge is 2.28. The zero-order valence-corrected chi connectivity index (χ0v) is 13.8. The van der Waals surface area contributed by atoms with Gasteiger partial charge in [0.15, 0.2) is 3.95 Å². The van der Waals surface area contributed by atoms with E-state index in [1.807, 2.05) is 20.8 Å². The van der Waals surface area contributed by atoms with Gasteiger partial charge in [-0.2, -0.15) is 0 Å². The van der Waals surface area contributed by atoms with Gasteiger partial charge < -0.3 is 5.11 Å². The molecule has 1 amide bonds. The summed E-state index contributed by atoms with van der Waals surface area (Å²) in [7, 11) is 0. The van der Waals surface area contributed by atoms with Crippen LogP contribution in [0.4, 0.5) is 4.39 Å². The van der Waals surface area contributed by atoms with Crippen LogP contribution >= 0.6 is 23.6 Å². The van der Waals surface area contributed by atoms with Gasteiger partial charge in [-0.25, -0.2) is 9.38 Å². The van der Waals surface area contributed by atoms with E-state index in [1.165, 1.54) is 18.2 Å². The Kier molecular flexibility index (Phi) is 3.30. The van der Waals surface area contributed by atoms with E-state index in [9.17, 15) is 14.3 Å². The number of carbonyl (C=O) groups excluding carboxylic acids is 1. The number of amides is 1. The topological polar surface area (TPSA) is 54.6 Å². The molecule has 2 heterocycles. The van der Waals surface area contributed by atoms with Gasteiger partial charge in [0.1, 0.15) is 10.7 Å². The van der Waals surface area contributed by atoms with Gasteiger partial charge in [0, 0.05) is 10.8 Å². The Bertz CT molecular complexity index is 980. The molecule has 1 N–H and O–H groups in total. The van der Waals surface area contributed by atoms with E-state index in [1.54, 1.807) is 4.57 Å². The molecule has 1 aromatic heterocycles. The summed E-state index contributed by atoms with van der Waals surface area (Å²) in [6, 6.07) is 3.95. The van der Waals surface area contributed by atoms with E-state index >= 15 is 0 Å². The normalized spacial score (nSPS) is 14.2. The molecule has 0 fully saturated rings. The molecule has 4 nitrogen and oxygen atoms in total. The molecule has 114 valence electrons. The minimum Gasteiger partial charge on any atom is -0.493 e. The average molecular weight is 336 g/mol.